The van der Waals surface area contributed by atoms with Crippen molar-refractivity contribution >= 4 is 0 Å². The molecule has 0 spiro atoms. The summed E-state index contributed by atoms with van der Waals surface area (Å²) < 4.78 is 5.52. The highest BCUT2D eigenvalue weighted by molar-refractivity contribution is 4.92. The number of rotatable bonds is 4. The molecule has 1 rings (SSSR count). The first-order valence-corrected chi connectivity index (χ1v) is 5.03. The van der Waals surface area contributed by atoms with Gasteiger partial charge in [-0.25, -0.2) is 0 Å². The standard InChI is InChI=1S/C10H21NO2/c1-9(2)11-6-4-10(8-11,13-3)5-7-12/h9,12H,4-8H2,1-3H3. The molecule has 1 aliphatic rings. The van der Waals surface area contributed by atoms with E-state index in [1.165, 1.54) is 0 Å². The van der Waals surface area contributed by atoms with E-state index in [2.05, 4.69) is 18.7 Å². The van der Waals surface area contributed by atoms with Crippen molar-refractivity contribution in [3.63, 3.8) is 0 Å². The molecule has 13 heavy (non-hydrogen) atoms. The Labute approximate surface area is 80.7 Å². The van der Waals surface area contributed by atoms with Crippen LogP contribution in [0.4, 0.5) is 0 Å². The highest BCUT2D eigenvalue weighted by Gasteiger charge is 2.38. The van der Waals surface area contributed by atoms with Crippen LogP contribution in [-0.2, 0) is 4.74 Å². The van der Waals surface area contributed by atoms with Crippen molar-refractivity contribution in [3.8, 4) is 0 Å². The van der Waals surface area contributed by atoms with Crippen LogP contribution < -0.4 is 0 Å². The maximum absolute atomic E-state index is 8.95. The highest BCUT2D eigenvalue weighted by atomic mass is 16.5. The van der Waals surface area contributed by atoms with Gasteiger partial charge in [-0.15, -0.1) is 0 Å². The number of aliphatic hydroxyl groups is 1. The van der Waals surface area contributed by atoms with Gasteiger partial charge in [0, 0.05) is 39.3 Å². The zero-order chi connectivity index (χ0) is 9.90. The number of likely N-dealkylation sites (tertiary alicyclic amines) is 1. The predicted octanol–water partition coefficient (Wildman–Crippen LogP) is 0.868. The van der Waals surface area contributed by atoms with Gasteiger partial charge >= 0.3 is 0 Å². The Balaban J connectivity index is 2.52. The Morgan fingerprint density at radius 2 is 2.23 bits per heavy atom. The first-order valence-electron chi connectivity index (χ1n) is 5.03. The van der Waals surface area contributed by atoms with Crippen molar-refractivity contribution in [1.29, 1.82) is 0 Å². The maximum Gasteiger partial charge on any atom is 0.0839 e. The number of hydrogen-bond acceptors (Lipinski definition) is 3. The number of hydrogen-bond donors (Lipinski definition) is 1. The van der Waals surface area contributed by atoms with Crippen molar-refractivity contribution in [1.82, 2.24) is 4.90 Å². The van der Waals surface area contributed by atoms with E-state index in [1.54, 1.807) is 7.11 Å². The summed E-state index contributed by atoms with van der Waals surface area (Å²) >= 11 is 0. The van der Waals surface area contributed by atoms with Crippen LogP contribution in [0, 0.1) is 0 Å². The van der Waals surface area contributed by atoms with E-state index in [1.807, 2.05) is 0 Å². The van der Waals surface area contributed by atoms with Gasteiger partial charge in [0.15, 0.2) is 0 Å². The molecule has 1 atom stereocenters. The first-order chi connectivity index (χ1) is 6.13. The Bertz CT molecular complexity index is 161. The minimum Gasteiger partial charge on any atom is -0.396 e. The fraction of sp³-hybridized carbons (Fsp3) is 1.00. The van der Waals surface area contributed by atoms with Crippen LogP contribution >= 0.6 is 0 Å². The molecule has 1 heterocycles. The number of ether oxygens (including phenoxy) is 1. The molecule has 78 valence electrons. The Kier molecular flexibility index (Phi) is 3.71. The van der Waals surface area contributed by atoms with E-state index >= 15 is 0 Å². The van der Waals surface area contributed by atoms with E-state index in [4.69, 9.17) is 9.84 Å². The lowest BCUT2D eigenvalue weighted by Gasteiger charge is -2.28. The lowest BCUT2D eigenvalue weighted by Crippen LogP contribution is -2.38. The van der Waals surface area contributed by atoms with Gasteiger partial charge in [0.1, 0.15) is 0 Å². The summed E-state index contributed by atoms with van der Waals surface area (Å²) in [7, 11) is 1.75. The molecule has 0 aromatic heterocycles. The third kappa shape index (κ3) is 2.42. The van der Waals surface area contributed by atoms with Crippen LogP contribution in [0.25, 0.3) is 0 Å². The van der Waals surface area contributed by atoms with Crippen LogP contribution in [0.2, 0.25) is 0 Å². The summed E-state index contributed by atoms with van der Waals surface area (Å²) in [5.74, 6) is 0. The van der Waals surface area contributed by atoms with Crippen molar-refractivity contribution in [2.75, 3.05) is 26.8 Å². The van der Waals surface area contributed by atoms with Gasteiger partial charge < -0.3 is 9.84 Å². The van der Waals surface area contributed by atoms with Crippen molar-refractivity contribution in [2.24, 2.45) is 0 Å². The van der Waals surface area contributed by atoms with Crippen LogP contribution in [-0.4, -0.2) is 48.5 Å². The summed E-state index contributed by atoms with van der Waals surface area (Å²) in [6.07, 6.45) is 1.80. The average Bonchev–Trinajstić information content (AvgIpc) is 2.51. The average molecular weight is 187 g/mol. The molecular formula is C10H21NO2. The monoisotopic (exact) mass is 187 g/mol. The topological polar surface area (TPSA) is 32.7 Å². The second-order valence-electron chi connectivity index (χ2n) is 4.17. The SMILES string of the molecule is COC1(CCO)CCN(C(C)C)C1. The van der Waals surface area contributed by atoms with Gasteiger partial charge in [-0.3, -0.25) is 4.90 Å². The lowest BCUT2D eigenvalue weighted by atomic mass is 9.99. The van der Waals surface area contributed by atoms with E-state index in [0.29, 0.717) is 6.04 Å². The minimum atomic E-state index is -0.0843. The van der Waals surface area contributed by atoms with Gasteiger partial charge in [-0.05, 0) is 20.3 Å². The quantitative estimate of drug-likeness (QED) is 0.709. The van der Waals surface area contributed by atoms with Crippen molar-refractivity contribution < 1.29 is 9.84 Å². The zero-order valence-electron chi connectivity index (χ0n) is 8.92. The molecule has 1 N–H and O–H groups in total. The largest absolute Gasteiger partial charge is 0.396 e. The Morgan fingerprint density at radius 1 is 1.54 bits per heavy atom. The summed E-state index contributed by atoms with van der Waals surface area (Å²) in [6.45, 7) is 6.67. The Hall–Kier alpha value is -0.120. The normalized spacial score (nSPS) is 30.2. The molecule has 3 heteroatoms. The fourth-order valence-corrected chi connectivity index (χ4v) is 1.99. The first kappa shape index (κ1) is 11.0. The van der Waals surface area contributed by atoms with Gasteiger partial charge in [0.05, 0.1) is 5.60 Å². The summed E-state index contributed by atoms with van der Waals surface area (Å²) in [6, 6.07) is 0.579. The minimum absolute atomic E-state index is 0.0843. The molecule has 0 aromatic rings. The molecule has 0 aromatic carbocycles. The summed E-state index contributed by atoms with van der Waals surface area (Å²) in [5, 5.41) is 8.95. The molecule has 3 nitrogen and oxygen atoms in total. The van der Waals surface area contributed by atoms with Crippen LogP contribution in [0.15, 0.2) is 0 Å². The number of nitrogens with zero attached hydrogens (tertiary/aromatic N) is 1. The van der Waals surface area contributed by atoms with Crippen LogP contribution in [0.3, 0.4) is 0 Å². The molecule has 0 radical (unpaired) electrons. The van der Waals surface area contributed by atoms with Crippen LogP contribution in [0.1, 0.15) is 26.7 Å². The molecule has 0 saturated carbocycles. The number of aliphatic hydroxyl groups excluding tert-OH is 1. The lowest BCUT2D eigenvalue weighted by molar-refractivity contribution is -0.0212. The van der Waals surface area contributed by atoms with Crippen LogP contribution in [0.5, 0.6) is 0 Å². The molecular weight excluding hydrogens is 166 g/mol. The molecule has 1 fully saturated rings. The third-order valence-corrected chi connectivity index (χ3v) is 3.08. The number of methoxy groups -OCH3 is 1. The maximum atomic E-state index is 8.95. The van der Waals surface area contributed by atoms with Crippen molar-refractivity contribution in [2.45, 2.75) is 38.3 Å². The molecule has 0 amide bonds. The Morgan fingerprint density at radius 3 is 2.62 bits per heavy atom. The van der Waals surface area contributed by atoms with Crippen molar-refractivity contribution in [3.05, 3.63) is 0 Å². The molecule has 1 unspecified atom stereocenters. The van der Waals surface area contributed by atoms with E-state index in [-0.39, 0.29) is 12.2 Å². The third-order valence-electron chi connectivity index (χ3n) is 3.08. The van der Waals surface area contributed by atoms with E-state index in [0.717, 1.165) is 25.9 Å². The van der Waals surface area contributed by atoms with E-state index < -0.39 is 0 Å². The highest BCUT2D eigenvalue weighted by Crippen LogP contribution is 2.28. The predicted molar refractivity (Wildman–Crippen MR) is 52.8 cm³/mol. The zero-order valence-corrected chi connectivity index (χ0v) is 8.92. The summed E-state index contributed by atoms with van der Waals surface area (Å²) in [5.41, 5.74) is -0.0843. The fourth-order valence-electron chi connectivity index (χ4n) is 1.99. The summed E-state index contributed by atoms with van der Waals surface area (Å²) in [4.78, 5) is 2.40. The van der Waals surface area contributed by atoms with Gasteiger partial charge in [-0.1, -0.05) is 0 Å². The molecule has 0 aliphatic carbocycles. The second-order valence-corrected chi connectivity index (χ2v) is 4.17. The van der Waals surface area contributed by atoms with E-state index in [9.17, 15) is 0 Å². The molecule has 0 bridgehead atoms. The van der Waals surface area contributed by atoms with Gasteiger partial charge in [0.25, 0.3) is 0 Å². The molecule has 1 aliphatic heterocycles. The molecule has 1 saturated heterocycles. The van der Waals surface area contributed by atoms with Gasteiger partial charge in [0.2, 0.25) is 0 Å². The second kappa shape index (κ2) is 4.40. The van der Waals surface area contributed by atoms with Gasteiger partial charge in [-0.2, -0.15) is 0 Å². The smallest absolute Gasteiger partial charge is 0.0839 e.